The number of carbonyl (C=O) groups is 1. The molecule has 1 amide bonds. The minimum Gasteiger partial charge on any atom is -0.348 e. The highest BCUT2D eigenvalue weighted by Gasteiger charge is 2.29. The average molecular weight is 386 g/mol. The van der Waals surface area contributed by atoms with Gasteiger partial charge in [-0.3, -0.25) is 14.6 Å². The van der Waals surface area contributed by atoms with Crippen molar-refractivity contribution in [2.45, 2.75) is 23.4 Å². The molecular formula is C16H17F3N4O2S. The van der Waals surface area contributed by atoms with E-state index in [4.69, 9.17) is 0 Å². The number of nitrogens with zero attached hydrogens (tertiary/aromatic N) is 2. The van der Waals surface area contributed by atoms with Gasteiger partial charge in [0, 0.05) is 25.1 Å². The summed E-state index contributed by atoms with van der Waals surface area (Å²) in [6, 6.07) is 6.30. The van der Waals surface area contributed by atoms with Crippen molar-refractivity contribution in [2.24, 2.45) is 0 Å². The lowest BCUT2D eigenvalue weighted by atomic mass is 10.1. The van der Waals surface area contributed by atoms with Crippen LogP contribution in [0.25, 0.3) is 0 Å². The molecule has 1 aromatic carbocycles. The lowest BCUT2D eigenvalue weighted by molar-refractivity contribution is -0.0328. The van der Waals surface area contributed by atoms with Crippen LogP contribution in [0.3, 0.4) is 0 Å². The lowest BCUT2D eigenvalue weighted by Gasteiger charge is -2.16. The van der Waals surface area contributed by atoms with Gasteiger partial charge in [-0.1, -0.05) is 12.1 Å². The summed E-state index contributed by atoms with van der Waals surface area (Å²) in [5.74, 6) is -0.315. The molecule has 2 N–H and O–H groups in total. The van der Waals surface area contributed by atoms with Crippen molar-refractivity contribution >= 4 is 23.6 Å². The summed E-state index contributed by atoms with van der Waals surface area (Å²) in [6.45, 7) is 1.68. The SMILES string of the molecule is CC(NC(=O)c1cc(=O)[nH]c(N(C)C)n1)c1ccc(SC(F)(F)F)cc1. The average Bonchev–Trinajstić information content (AvgIpc) is 2.53. The molecule has 140 valence electrons. The van der Waals surface area contributed by atoms with Crippen molar-refractivity contribution in [3.8, 4) is 0 Å². The van der Waals surface area contributed by atoms with E-state index in [1.54, 1.807) is 25.9 Å². The summed E-state index contributed by atoms with van der Waals surface area (Å²) in [5, 5.41) is 2.67. The topological polar surface area (TPSA) is 78.1 Å². The maximum atomic E-state index is 12.3. The molecule has 2 rings (SSSR count). The molecule has 1 heterocycles. The second-order valence-corrected chi connectivity index (χ2v) is 6.80. The van der Waals surface area contributed by atoms with Gasteiger partial charge in [0.25, 0.3) is 11.5 Å². The van der Waals surface area contributed by atoms with Crippen LogP contribution in [-0.2, 0) is 0 Å². The maximum Gasteiger partial charge on any atom is 0.446 e. The molecule has 26 heavy (non-hydrogen) atoms. The summed E-state index contributed by atoms with van der Waals surface area (Å²) in [6.07, 6.45) is 0. The number of aromatic amines is 1. The Hall–Kier alpha value is -2.49. The van der Waals surface area contributed by atoms with E-state index in [9.17, 15) is 22.8 Å². The Morgan fingerprint density at radius 1 is 1.27 bits per heavy atom. The van der Waals surface area contributed by atoms with Crippen molar-refractivity contribution in [3.63, 3.8) is 0 Å². The van der Waals surface area contributed by atoms with Gasteiger partial charge >= 0.3 is 5.51 Å². The summed E-state index contributed by atoms with van der Waals surface area (Å²) in [7, 11) is 3.34. The molecule has 0 fully saturated rings. The third-order valence-corrected chi connectivity index (χ3v) is 4.09. The summed E-state index contributed by atoms with van der Waals surface area (Å²) in [5.41, 5.74) is -4.23. The van der Waals surface area contributed by atoms with Gasteiger partial charge in [0.15, 0.2) is 0 Å². The number of amides is 1. The molecule has 0 bridgehead atoms. The number of thioether (sulfide) groups is 1. The van der Waals surface area contributed by atoms with Crippen LogP contribution in [0.4, 0.5) is 19.1 Å². The second kappa shape index (κ2) is 7.81. The number of carbonyl (C=O) groups excluding carboxylic acids is 1. The van der Waals surface area contributed by atoms with Crippen LogP contribution in [0.15, 0.2) is 40.0 Å². The van der Waals surface area contributed by atoms with Gasteiger partial charge in [-0.05, 0) is 36.4 Å². The molecular weight excluding hydrogens is 369 g/mol. The summed E-state index contributed by atoms with van der Waals surface area (Å²) in [4.78, 5) is 32.1. The monoisotopic (exact) mass is 386 g/mol. The first-order chi connectivity index (χ1) is 12.0. The van der Waals surface area contributed by atoms with Crippen LogP contribution in [0.5, 0.6) is 0 Å². The van der Waals surface area contributed by atoms with E-state index in [1.807, 2.05) is 0 Å². The Morgan fingerprint density at radius 2 is 1.88 bits per heavy atom. The van der Waals surface area contributed by atoms with E-state index in [0.717, 1.165) is 6.07 Å². The van der Waals surface area contributed by atoms with Crippen LogP contribution in [0.2, 0.25) is 0 Å². The Morgan fingerprint density at radius 3 is 2.42 bits per heavy atom. The van der Waals surface area contributed by atoms with Crippen molar-refractivity contribution in [1.29, 1.82) is 0 Å². The third kappa shape index (κ3) is 5.51. The van der Waals surface area contributed by atoms with Crippen molar-refractivity contribution < 1.29 is 18.0 Å². The van der Waals surface area contributed by atoms with Gasteiger partial charge in [0.05, 0.1) is 6.04 Å². The number of hydrogen-bond donors (Lipinski definition) is 2. The van der Waals surface area contributed by atoms with Gasteiger partial charge in [0.2, 0.25) is 5.95 Å². The molecule has 1 atom stereocenters. The number of aromatic nitrogens is 2. The highest BCUT2D eigenvalue weighted by Crippen LogP contribution is 2.37. The molecule has 0 aliphatic heterocycles. The minimum atomic E-state index is -4.35. The Bertz CT molecular complexity index is 835. The molecule has 0 saturated heterocycles. The standard InChI is InChI=1S/C16H17F3N4O2S/c1-9(10-4-6-11(7-5-10)26-16(17,18)19)20-14(25)12-8-13(24)22-15(21-12)23(2)3/h4-9H,1-3H3,(H,20,25)(H,21,22,24). The molecule has 0 spiro atoms. The Labute approximate surface area is 151 Å². The van der Waals surface area contributed by atoms with E-state index in [-0.39, 0.29) is 28.3 Å². The number of nitrogens with one attached hydrogen (secondary N) is 2. The summed E-state index contributed by atoms with van der Waals surface area (Å²) >= 11 is -0.202. The third-order valence-electron chi connectivity index (χ3n) is 3.35. The van der Waals surface area contributed by atoms with Gasteiger partial charge in [0.1, 0.15) is 5.69 Å². The highest BCUT2D eigenvalue weighted by molar-refractivity contribution is 8.00. The first kappa shape index (κ1) is 19.8. The molecule has 0 aliphatic rings. The molecule has 0 saturated carbocycles. The van der Waals surface area contributed by atoms with Crippen molar-refractivity contribution in [1.82, 2.24) is 15.3 Å². The van der Waals surface area contributed by atoms with Gasteiger partial charge < -0.3 is 10.2 Å². The van der Waals surface area contributed by atoms with Gasteiger partial charge in [-0.2, -0.15) is 13.2 Å². The molecule has 2 aromatic rings. The van der Waals surface area contributed by atoms with Crippen LogP contribution in [-0.4, -0.2) is 35.5 Å². The zero-order valence-electron chi connectivity index (χ0n) is 14.2. The van der Waals surface area contributed by atoms with E-state index in [0.29, 0.717) is 5.56 Å². The Kier molecular flexibility index (Phi) is 5.96. The fraction of sp³-hybridized carbons (Fsp3) is 0.312. The zero-order chi connectivity index (χ0) is 19.5. The molecule has 1 aromatic heterocycles. The van der Waals surface area contributed by atoms with Crippen molar-refractivity contribution in [3.05, 3.63) is 51.9 Å². The van der Waals surface area contributed by atoms with Crippen molar-refractivity contribution in [2.75, 3.05) is 19.0 Å². The van der Waals surface area contributed by atoms with Crippen LogP contribution in [0.1, 0.15) is 29.0 Å². The fourth-order valence-electron chi connectivity index (χ4n) is 2.08. The van der Waals surface area contributed by atoms with E-state index in [2.05, 4.69) is 15.3 Å². The number of benzene rings is 1. The van der Waals surface area contributed by atoms with Crippen LogP contribution >= 0.6 is 11.8 Å². The fourth-order valence-corrected chi connectivity index (χ4v) is 2.62. The Balaban J connectivity index is 2.11. The normalized spacial score (nSPS) is 12.5. The number of rotatable bonds is 5. The molecule has 0 radical (unpaired) electrons. The quantitative estimate of drug-likeness (QED) is 0.773. The van der Waals surface area contributed by atoms with Crippen LogP contribution < -0.4 is 15.8 Å². The smallest absolute Gasteiger partial charge is 0.348 e. The number of alkyl halides is 3. The lowest BCUT2D eigenvalue weighted by Crippen LogP contribution is -2.30. The number of halogens is 3. The molecule has 10 heteroatoms. The second-order valence-electron chi connectivity index (χ2n) is 5.66. The molecule has 1 unspecified atom stereocenters. The predicted octanol–water partition coefficient (Wildman–Crippen LogP) is 2.94. The molecule has 6 nitrogen and oxygen atoms in total. The van der Waals surface area contributed by atoms with Gasteiger partial charge in [-0.15, -0.1) is 0 Å². The van der Waals surface area contributed by atoms with E-state index in [1.165, 1.54) is 24.3 Å². The summed E-state index contributed by atoms with van der Waals surface area (Å²) < 4.78 is 37.0. The molecule has 0 aliphatic carbocycles. The van der Waals surface area contributed by atoms with E-state index < -0.39 is 23.0 Å². The zero-order valence-corrected chi connectivity index (χ0v) is 15.0. The number of H-pyrrole nitrogens is 1. The number of hydrogen-bond acceptors (Lipinski definition) is 5. The minimum absolute atomic E-state index is 0.0476. The maximum absolute atomic E-state index is 12.3. The first-order valence-corrected chi connectivity index (χ1v) is 8.32. The van der Waals surface area contributed by atoms with E-state index >= 15 is 0 Å². The van der Waals surface area contributed by atoms with Crippen LogP contribution in [0, 0.1) is 0 Å². The largest absolute Gasteiger partial charge is 0.446 e. The van der Waals surface area contributed by atoms with Gasteiger partial charge in [-0.25, -0.2) is 4.98 Å². The first-order valence-electron chi connectivity index (χ1n) is 7.50. The number of anilines is 1. The highest BCUT2D eigenvalue weighted by atomic mass is 32.2. The predicted molar refractivity (Wildman–Crippen MR) is 93.4 cm³/mol.